The van der Waals surface area contributed by atoms with E-state index in [-0.39, 0.29) is 26.2 Å². The van der Waals surface area contributed by atoms with Crippen molar-refractivity contribution in [1.82, 2.24) is 0 Å². The highest BCUT2D eigenvalue weighted by molar-refractivity contribution is 7.45. The van der Waals surface area contributed by atoms with Gasteiger partial charge in [0.15, 0.2) is 0 Å². The number of esters is 1. The second-order valence-corrected chi connectivity index (χ2v) is 15.7. The molecule has 0 spiro atoms. The van der Waals surface area contributed by atoms with Gasteiger partial charge >= 0.3 is 5.97 Å². The van der Waals surface area contributed by atoms with Crippen molar-refractivity contribution in [3.05, 3.63) is 60.8 Å². The van der Waals surface area contributed by atoms with Crippen LogP contribution < -0.4 is 4.89 Å². The Labute approximate surface area is 313 Å². The molecule has 8 nitrogen and oxygen atoms in total. The van der Waals surface area contributed by atoms with Crippen LogP contribution in [0.4, 0.5) is 0 Å². The Morgan fingerprint density at radius 3 is 1.53 bits per heavy atom. The topological polar surface area (TPSA) is 94.1 Å². The zero-order chi connectivity index (χ0) is 37.7. The third-order valence-corrected chi connectivity index (χ3v) is 9.08. The van der Waals surface area contributed by atoms with Gasteiger partial charge in [0.05, 0.1) is 40.8 Å². The molecule has 0 aliphatic heterocycles. The van der Waals surface area contributed by atoms with Crippen molar-refractivity contribution in [2.75, 3.05) is 54.1 Å². The Morgan fingerprint density at radius 2 is 1.06 bits per heavy atom. The van der Waals surface area contributed by atoms with Gasteiger partial charge in [0, 0.05) is 6.61 Å². The van der Waals surface area contributed by atoms with E-state index in [0.29, 0.717) is 24.1 Å². The highest BCUT2D eigenvalue weighted by Gasteiger charge is 2.20. The zero-order valence-electron chi connectivity index (χ0n) is 33.3. The number of carbonyl (C=O) groups excluding carboxylic acids is 1. The summed E-state index contributed by atoms with van der Waals surface area (Å²) in [6, 6.07) is 0. The van der Waals surface area contributed by atoms with Crippen molar-refractivity contribution in [2.45, 2.75) is 148 Å². The molecule has 0 saturated carbocycles. The van der Waals surface area contributed by atoms with Gasteiger partial charge in [-0.25, -0.2) is 0 Å². The normalized spacial score (nSPS) is 14.5. The lowest BCUT2D eigenvalue weighted by molar-refractivity contribution is -0.870. The molecule has 0 aliphatic carbocycles. The van der Waals surface area contributed by atoms with Gasteiger partial charge in [0.25, 0.3) is 7.82 Å². The Balaban J connectivity index is 4.43. The quantitative estimate of drug-likeness (QED) is 0.0208. The molecule has 0 aromatic rings. The number of hydrogen-bond acceptors (Lipinski definition) is 7. The van der Waals surface area contributed by atoms with E-state index in [1.165, 1.54) is 77.0 Å². The number of phosphoric ester groups is 1. The zero-order valence-corrected chi connectivity index (χ0v) is 34.2. The van der Waals surface area contributed by atoms with Gasteiger partial charge in [0.2, 0.25) is 0 Å². The van der Waals surface area contributed by atoms with E-state index in [1.54, 1.807) is 6.08 Å². The molecular formula is C42H76NO7P. The van der Waals surface area contributed by atoms with Crippen LogP contribution in [0.5, 0.6) is 0 Å². The van der Waals surface area contributed by atoms with Crippen LogP contribution in [0.2, 0.25) is 0 Å². The Morgan fingerprint density at radius 1 is 0.608 bits per heavy atom. The molecule has 0 heterocycles. The second-order valence-electron chi connectivity index (χ2n) is 14.3. The first-order valence-corrected chi connectivity index (χ1v) is 21.5. The number of phosphoric acid groups is 1. The molecule has 2 atom stereocenters. The van der Waals surface area contributed by atoms with Gasteiger partial charge in [-0.3, -0.25) is 9.36 Å². The number of ether oxygens (including phenoxy) is 2. The number of unbranched alkanes of at least 4 members (excludes halogenated alkanes) is 13. The number of quaternary nitrogens is 1. The van der Waals surface area contributed by atoms with Crippen molar-refractivity contribution < 1.29 is 37.3 Å². The van der Waals surface area contributed by atoms with Crippen molar-refractivity contribution in [3.63, 3.8) is 0 Å². The Bertz CT molecular complexity index is 1000. The molecule has 2 unspecified atom stereocenters. The number of likely N-dealkylation sites (N-methyl/N-ethyl adjacent to an activating group) is 1. The van der Waals surface area contributed by atoms with Crippen LogP contribution >= 0.6 is 7.82 Å². The van der Waals surface area contributed by atoms with E-state index in [1.807, 2.05) is 27.2 Å². The molecule has 0 amide bonds. The first-order chi connectivity index (χ1) is 24.6. The molecule has 0 fully saturated rings. The van der Waals surface area contributed by atoms with E-state index in [2.05, 4.69) is 62.5 Å². The van der Waals surface area contributed by atoms with E-state index in [4.69, 9.17) is 18.5 Å². The fourth-order valence-corrected chi connectivity index (χ4v) is 5.76. The SMILES string of the molecule is CC/C=C\C/C=C\C/C=C\C/C=C\C/C=C\CC(=O)OC(COCCCCCCCCCCCCCCCC)COP(=O)([O-])OCC[N+](C)(C)C. The first kappa shape index (κ1) is 49.2. The highest BCUT2D eigenvalue weighted by Crippen LogP contribution is 2.38. The fourth-order valence-electron chi connectivity index (χ4n) is 5.03. The standard InChI is InChI=1S/C42H76NO7P/c1-6-8-10-12-14-16-18-20-22-23-25-27-29-31-33-35-42(44)50-41(40-49-51(45,46)48-38-36-43(3,4)5)39-47-37-34-32-30-28-26-24-21-19-17-15-13-11-9-7-2/h8,10,14,16,20,22,25,27,31,33,41H,6-7,9,11-13,15,17-19,21,23-24,26,28-30,32,34-40H2,1-5H3/b10-8-,16-14-,22-20-,27-25-,33-31-. The molecular weight excluding hydrogens is 661 g/mol. The third-order valence-electron chi connectivity index (χ3n) is 8.12. The largest absolute Gasteiger partial charge is 0.756 e. The summed E-state index contributed by atoms with van der Waals surface area (Å²) in [4.78, 5) is 24.9. The van der Waals surface area contributed by atoms with Crippen LogP contribution in [0.25, 0.3) is 0 Å². The van der Waals surface area contributed by atoms with Crippen LogP contribution in [-0.2, 0) is 27.9 Å². The molecule has 0 saturated heterocycles. The van der Waals surface area contributed by atoms with Crippen molar-refractivity contribution in [2.24, 2.45) is 0 Å². The summed E-state index contributed by atoms with van der Waals surface area (Å²) in [6.45, 7) is 5.15. The number of allylic oxidation sites excluding steroid dienone is 9. The molecule has 0 N–H and O–H groups in total. The molecule has 0 bridgehead atoms. The van der Waals surface area contributed by atoms with E-state index in [0.717, 1.165) is 38.5 Å². The van der Waals surface area contributed by atoms with Gasteiger partial charge in [-0.2, -0.15) is 0 Å². The van der Waals surface area contributed by atoms with Crippen LogP contribution in [0.1, 0.15) is 142 Å². The van der Waals surface area contributed by atoms with Crippen molar-refractivity contribution in [1.29, 1.82) is 0 Å². The van der Waals surface area contributed by atoms with Gasteiger partial charge in [0.1, 0.15) is 19.3 Å². The van der Waals surface area contributed by atoms with Gasteiger partial charge in [-0.1, -0.05) is 158 Å². The molecule has 0 rings (SSSR count). The van der Waals surface area contributed by atoms with Crippen LogP contribution in [0.15, 0.2) is 60.8 Å². The lowest BCUT2D eigenvalue weighted by Crippen LogP contribution is -2.37. The summed E-state index contributed by atoms with van der Waals surface area (Å²) in [6.07, 6.45) is 42.6. The van der Waals surface area contributed by atoms with Crippen LogP contribution in [-0.4, -0.2) is 70.7 Å². The number of nitrogens with zero attached hydrogens (tertiary/aromatic N) is 1. The van der Waals surface area contributed by atoms with E-state index in [9.17, 15) is 14.3 Å². The monoisotopic (exact) mass is 738 g/mol. The summed E-state index contributed by atoms with van der Waals surface area (Å²) in [7, 11) is 1.29. The maximum Gasteiger partial charge on any atom is 0.310 e. The predicted molar refractivity (Wildman–Crippen MR) is 212 cm³/mol. The van der Waals surface area contributed by atoms with Crippen LogP contribution in [0.3, 0.4) is 0 Å². The van der Waals surface area contributed by atoms with Gasteiger partial charge in [-0.15, -0.1) is 0 Å². The summed E-state index contributed by atoms with van der Waals surface area (Å²) in [5, 5.41) is 0. The summed E-state index contributed by atoms with van der Waals surface area (Å²) >= 11 is 0. The smallest absolute Gasteiger partial charge is 0.310 e. The summed E-state index contributed by atoms with van der Waals surface area (Å²) in [5.74, 6) is -0.461. The van der Waals surface area contributed by atoms with Gasteiger partial charge in [-0.05, 0) is 38.5 Å². The number of carbonyl (C=O) groups is 1. The molecule has 0 aromatic heterocycles. The predicted octanol–water partition coefficient (Wildman–Crippen LogP) is 10.7. The van der Waals surface area contributed by atoms with Crippen molar-refractivity contribution >= 4 is 13.8 Å². The minimum atomic E-state index is -4.54. The van der Waals surface area contributed by atoms with Gasteiger partial charge < -0.3 is 27.9 Å². The lowest BCUT2D eigenvalue weighted by Gasteiger charge is -2.28. The first-order valence-electron chi connectivity index (χ1n) is 20.0. The van der Waals surface area contributed by atoms with E-state index < -0.39 is 19.9 Å². The Hall–Kier alpha value is -1.80. The second kappa shape index (κ2) is 35.2. The minimum Gasteiger partial charge on any atom is -0.756 e. The molecule has 296 valence electrons. The molecule has 0 aliphatic rings. The van der Waals surface area contributed by atoms with E-state index >= 15 is 0 Å². The number of hydrogen-bond donors (Lipinski definition) is 0. The summed E-state index contributed by atoms with van der Waals surface area (Å²) < 4.78 is 34.3. The fraction of sp³-hybridized carbons (Fsp3) is 0.738. The summed E-state index contributed by atoms with van der Waals surface area (Å²) in [5.41, 5.74) is 0. The highest BCUT2D eigenvalue weighted by atomic mass is 31.2. The molecule has 9 heteroatoms. The maximum atomic E-state index is 12.6. The maximum absolute atomic E-state index is 12.6. The molecule has 0 radical (unpaired) electrons. The average Bonchev–Trinajstić information content (AvgIpc) is 3.08. The molecule has 51 heavy (non-hydrogen) atoms. The lowest BCUT2D eigenvalue weighted by atomic mass is 10.0. The van der Waals surface area contributed by atoms with Crippen LogP contribution in [0, 0.1) is 0 Å². The minimum absolute atomic E-state index is 0.00836. The number of rotatable bonds is 36. The Kier molecular flexibility index (Phi) is 34.0. The third kappa shape index (κ3) is 39.2. The average molecular weight is 738 g/mol. The van der Waals surface area contributed by atoms with Crippen molar-refractivity contribution in [3.8, 4) is 0 Å². The molecule has 0 aromatic carbocycles.